The Hall–Kier alpha value is -0.850. The van der Waals surface area contributed by atoms with Crippen LogP contribution in [0.3, 0.4) is 0 Å². The zero-order valence-electron chi connectivity index (χ0n) is 9.52. The predicted molar refractivity (Wildman–Crippen MR) is 61.0 cm³/mol. The summed E-state index contributed by atoms with van der Waals surface area (Å²) in [4.78, 5) is 0. The maximum atomic E-state index is 12.1. The molecule has 1 heteroatoms. The van der Waals surface area contributed by atoms with E-state index in [9.17, 15) is 4.39 Å². The van der Waals surface area contributed by atoms with E-state index in [1.165, 1.54) is 37.8 Å². The summed E-state index contributed by atoms with van der Waals surface area (Å²) in [5, 5.41) is 0. The van der Waals surface area contributed by atoms with Crippen LogP contribution in [0.25, 0.3) is 0 Å². The fourth-order valence-electron chi connectivity index (χ4n) is 1.03. The minimum atomic E-state index is -0.171. The quantitative estimate of drug-likeness (QED) is 0.613. The van der Waals surface area contributed by atoms with Crippen LogP contribution in [0, 0.1) is 12.7 Å². The molecular weight excluding hydrogens is 175 g/mol. The molecule has 0 saturated heterocycles. The fourth-order valence-corrected chi connectivity index (χ4v) is 1.03. The smallest absolute Gasteiger partial charge is 0.123 e. The minimum absolute atomic E-state index is 0.171. The molecule has 0 saturated carbocycles. The molecule has 80 valence electrons. The first-order chi connectivity index (χ1) is 6.70. The Labute approximate surface area is 87.2 Å². The van der Waals surface area contributed by atoms with Gasteiger partial charge in [0.1, 0.15) is 5.82 Å². The molecule has 0 heterocycles. The number of rotatable bonds is 3. The van der Waals surface area contributed by atoms with Crippen molar-refractivity contribution >= 4 is 0 Å². The second-order valence-corrected chi connectivity index (χ2v) is 3.50. The van der Waals surface area contributed by atoms with E-state index < -0.39 is 0 Å². The van der Waals surface area contributed by atoms with Crippen molar-refractivity contribution in [2.24, 2.45) is 0 Å². The SMILES string of the molecule is CCCCCC.Cc1ccc(F)cc1. The summed E-state index contributed by atoms with van der Waals surface area (Å²) in [5.74, 6) is -0.171. The first-order valence-electron chi connectivity index (χ1n) is 5.42. The first-order valence-corrected chi connectivity index (χ1v) is 5.42. The van der Waals surface area contributed by atoms with E-state index >= 15 is 0 Å². The summed E-state index contributed by atoms with van der Waals surface area (Å²) in [6.45, 7) is 6.39. The van der Waals surface area contributed by atoms with Gasteiger partial charge < -0.3 is 0 Å². The minimum Gasteiger partial charge on any atom is -0.207 e. The number of aryl methyl sites for hydroxylation is 1. The summed E-state index contributed by atoms with van der Waals surface area (Å²) >= 11 is 0. The molecule has 0 aliphatic heterocycles. The zero-order valence-corrected chi connectivity index (χ0v) is 9.52. The summed E-state index contributed by atoms with van der Waals surface area (Å²) in [6, 6.07) is 6.40. The molecule has 0 aromatic heterocycles. The van der Waals surface area contributed by atoms with E-state index in [1.54, 1.807) is 12.1 Å². The lowest BCUT2D eigenvalue weighted by Gasteiger charge is -1.87. The third-order valence-corrected chi connectivity index (χ3v) is 1.97. The van der Waals surface area contributed by atoms with Gasteiger partial charge in [-0.1, -0.05) is 57.2 Å². The van der Waals surface area contributed by atoms with Crippen molar-refractivity contribution in [1.82, 2.24) is 0 Å². The maximum absolute atomic E-state index is 12.1. The van der Waals surface area contributed by atoms with Gasteiger partial charge in [-0.2, -0.15) is 0 Å². The van der Waals surface area contributed by atoms with Crippen molar-refractivity contribution in [1.29, 1.82) is 0 Å². The molecule has 0 N–H and O–H groups in total. The van der Waals surface area contributed by atoms with Crippen LogP contribution < -0.4 is 0 Å². The molecule has 0 aliphatic rings. The summed E-state index contributed by atoms with van der Waals surface area (Å²) < 4.78 is 12.1. The number of halogens is 1. The zero-order chi connectivity index (χ0) is 10.8. The number of unbranched alkanes of at least 4 members (excludes halogenated alkanes) is 3. The van der Waals surface area contributed by atoms with Crippen LogP contribution >= 0.6 is 0 Å². The topological polar surface area (TPSA) is 0 Å². The van der Waals surface area contributed by atoms with Gasteiger partial charge in [0.2, 0.25) is 0 Å². The van der Waals surface area contributed by atoms with Gasteiger partial charge in [-0.25, -0.2) is 4.39 Å². The lowest BCUT2D eigenvalue weighted by Crippen LogP contribution is -1.71. The number of hydrogen-bond donors (Lipinski definition) is 0. The molecule has 0 bridgehead atoms. The highest BCUT2D eigenvalue weighted by Crippen LogP contribution is 1.99. The molecular formula is C13H21F. The molecule has 14 heavy (non-hydrogen) atoms. The van der Waals surface area contributed by atoms with Crippen LogP contribution in [0.2, 0.25) is 0 Å². The largest absolute Gasteiger partial charge is 0.207 e. The molecule has 0 spiro atoms. The van der Waals surface area contributed by atoms with Crippen molar-refractivity contribution in [2.45, 2.75) is 46.5 Å². The summed E-state index contributed by atoms with van der Waals surface area (Å²) in [6.07, 6.45) is 5.54. The highest BCUT2D eigenvalue weighted by Gasteiger charge is 1.83. The van der Waals surface area contributed by atoms with Gasteiger partial charge in [0.05, 0.1) is 0 Å². The van der Waals surface area contributed by atoms with Gasteiger partial charge in [0, 0.05) is 0 Å². The van der Waals surface area contributed by atoms with Gasteiger partial charge in [-0.3, -0.25) is 0 Å². The molecule has 1 rings (SSSR count). The molecule has 0 nitrogen and oxygen atoms in total. The average molecular weight is 196 g/mol. The van der Waals surface area contributed by atoms with E-state index in [0.29, 0.717) is 0 Å². The van der Waals surface area contributed by atoms with Crippen LogP contribution in [0.5, 0.6) is 0 Å². The molecule has 1 aromatic rings. The molecule has 0 atom stereocenters. The molecule has 0 amide bonds. The Bertz CT molecular complexity index is 188. The number of benzene rings is 1. The Morgan fingerprint density at radius 2 is 1.36 bits per heavy atom. The van der Waals surface area contributed by atoms with Gasteiger partial charge >= 0.3 is 0 Å². The lowest BCUT2D eigenvalue weighted by molar-refractivity contribution is 0.627. The van der Waals surface area contributed by atoms with E-state index in [0.717, 1.165) is 5.56 Å². The monoisotopic (exact) mass is 196 g/mol. The molecule has 1 aromatic carbocycles. The third kappa shape index (κ3) is 7.78. The van der Waals surface area contributed by atoms with Crippen molar-refractivity contribution in [3.63, 3.8) is 0 Å². The molecule has 0 fully saturated rings. The highest BCUT2D eigenvalue weighted by atomic mass is 19.1. The first kappa shape index (κ1) is 13.2. The van der Waals surface area contributed by atoms with E-state index in [4.69, 9.17) is 0 Å². The molecule has 0 unspecified atom stereocenters. The fraction of sp³-hybridized carbons (Fsp3) is 0.538. The van der Waals surface area contributed by atoms with E-state index in [-0.39, 0.29) is 5.82 Å². The standard InChI is InChI=1S/C7H7F.C6H14/c1-6-2-4-7(8)5-3-6;1-3-5-6-4-2/h2-5H,1H3;3-6H2,1-2H3. The Balaban J connectivity index is 0.000000255. The highest BCUT2D eigenvalue weighted by molar-refractivity contribution is 5.13. The van der Waals surface area contributed by atoms with Crippen LogP contribution in [0.4, 0.5) is 4.39 Å². The van der Waals surface area contributed by atoms with E-state index in [1.807, 2.05) is 6.92 Å². The third-order valence-electron chi connectivity index (χ3n) is 1.97. The Morgan fingerprint density at radius 1 is 0.929 bits per heavy atom. The van der Waals surface area contributed by atoms with Crippen molar-refractivity contribution in [3.05, 3.63) is 35.6 Å². The maximum Gasteiger partial charge on any atom is 0.123 e. The van der Waals surface area contributed by atoms with Crippen molar-refractivity contribution < 1.29 is 4.39 Å². The Morgan fingerprint density at radius 3 is 1.64 bits per heavy atom. The van der Waals surface area contributed by atoms with Crippen LogP contribution in [0.1, 0.15) is 45.1 Å². The van der Waals surface area contributed by atoms with Gasteiger partial charge in [0.25, 0.3) is 0 Å². The predicted octanol–water partition coefficient (Wildman–Crippen LogP) is 4.72. The average Bonchev–Trinajstić information content (AvgIpc) is 2.20. The summed E-state index contributed by atoms with van der Waals surface area (Å²) in [5.41, 5.74) is 1.09. The van der Waals surface area contributed by atoms with Crippen molar-refractivity contribution in [3.8, 4) is 0 Å². The second-order valence-electron chi connectivity index (χ2n) is 3.50. The second kappa shape index (κ2) is 8.74. The van der Waals surface area contributed by atoms with E-state index in [2.05, 4.69) is 13.8 Å². The van der Waals surface area contributed by atoms with Crippen LogP contribution in [-0.2, 0) is 0 Å². The van der Waals surface area contributed by atoms with Crippen LogP contribution in [-0.4, -0.2) is 0 Å². The number of hydrogen-bond acceptors (Lipinski definition) is 0. The normalized spacial score (nSPS) is 9.14. The van der Waals surface area contributed by atoms with Crippen molar-refractivity contribution in [2.75, 3.05) is 0 Å². The van der Waals surface area contributed by atoms with Crippen LogP contribution in [0.15, 0.2) is 24.3 Å². The van der Waals surface area contributed by atoms with Gasteiger partial charge in [-0.15, -0.1) is 0 Å². The molecule has 0 radical (unpaired) electrons. The lowest BCUT2D eigenvalue weighted by atomic mass is 10.2. The van der Waals surface area contributed by atoms with Gasteiger partial charge in [-0.05, 0) is 19.1 Å². The molecule has 0 aliphatic carbocycles. The Kier molecular flexibility index (Phi) is 8.20. The van der Waals surface area contributed by atoms with Gasteiger partial charge in [0.15, 0.2) is 0 Å². The summed E-state index contributed by atoms with van der Waals surface area (Å²) in [7, 11) is 0.